The highest BCUT2D eigenvalue weighted by molar-refractivity contribution is 5.92. The van der Waals surface area contributed by atoms with Gasteiger partial charge in [0.1, 0.15) is 11.0 Å². The molecule has 0 saturated heterocycles. The van der Waals surface area contributed by atoms with E-state index in [2.05, 4.69) is 16.4 Å². The average molecular weight is 235 g/mol. The Morgan fingerprint density at radius 3 is 3.06 bits per heavy atom. The standard InChI is InChI=1S/C14H7N2O2/c1-2-10(14-13(3-1)18-8-16-14)9-4-5-12-11(6-9)15-7-17-12/h1-7H. The molecule has 2 aromatic heterocycles. The van der Waals surface area contributed by atoms with Gasteiger partial charge in [0.15, 0.2) is 17.6 Å². The lowest BCUT2D eigenvalue weighted by Crippen LogP contribution is -1.80. The molecule has 2 aromatic carbocycles. The number of oxazole rings is 2. The minimum absolute atomic E-state index is 0.729. The van der Waals surface area contributed by atoms with Crippen LogP contribution >= 0.6 is 0 Å². The lowest BCUT2D eigenvalue weighted by molar-refractivity contribution is 0.591. The molecule has 0 bridgehead atoms. The van der Waals surface area contributed by atoms with Crippen LogP contribution in [0.5, 0.6) is 0 Å². The summed E-state index contributed by atoms with van der Waals surface area (Å²) in [5, 5.41) is 0. The first-order chi connectivity index (χ1) is 8.92. The van der Waals surface area contributed by atoms with Crippen molar-refractivity contribution in [2.24, 2.45) is 0 Å². The summed E-state index contributed by atoms with van der Waals surface area (Å²) >= 11 is 0. The zero-order valence-corrected chi connectivity index (χ0v) is 9.25. The second kappa shape index (κ2) is 3.43. The van der Waals surface area contributed by atoms with E-state index in [1.54, 1.807) is 0 Å². The maximum atomic E-state index is 5.23. The minimum Gasteiger partial charge on any atom is -0.443 e. The smallest absolute Gasteiger partial charge is 0.284 e. The van der Waals surface area contributed by atoms with Gasteiger partial charge >= 0.3 is 0 Å². The van der Waals surface area contributed by atoms with Crippen molar-refractivity contribution in [1.82, 2.24) is 9.97 Å². The Bertz CT molecular complexity index is 845. The third-order valence-corrected chi connectivity index (χ3v) is 2.95. The Balaban J connectivity index is 2.03. The minimum atomic E-state index is 0.729. The van der Waals surface area contributed by atoms with Crippen molar-refractivity contribution in [2.75, 3.05) is 0 Å². The van der Waals surface area contributed by atoms with E-state index in [4.69, 9.17) is 8.83 Å². The third-order valence-electron chi connectivity index (χ3n) is 2.95. The van der Waals surface area contributed by atoms with Crippen molar-refractivity contribution in [3.05, 3.63) is 49.2 Å². The van der Waals surface area contributed by atoms with Gasteiger partial charge in [-0.1, -0.05) is 18.2 Å². The monoisotopic (exact) mass is 235 g/mol. The molecular weight excluding hydrogens is 228 g/mol. The molecule has 0 atom stereocenters. The van der Waals surface area contributed by atoms with Crippen molar-refractivity contribution in [2.45, 2.75) is 0 Å². The van der Waals surface area contributed by atoms with E-state index < -0.39 is 0 Å². The van der Waals surface area contributed by atoms with Gasteiger partial charge in [-0.2, -0.15) is 0 Å². The lowest BCUT2D eigenvalue weighted by Gasteiger charge is -2.01. The van der Waals surface area contributed by atoms with E-state index in [0.29, 0.717) is 0 Å². The Morgan fingerprint density at radius 1 is 1.06 bits per heavy atom. The van der Waals surface area contributed by atoms with Crippen LogP contribution in [-0.2, 0) is 0 Å². The van der Waals surface area contributed by atoms with Crippen LogP contribution < -0.4 is 0 Å². The highest BCUT2D eigenvalue weighted by atomic mass is 16.3. The SMILES string of the molecule is [c]1nc2c(-c3ccc4ocnc4c3)cccc2o1. The number of benzene rings is 2. The van der Waals surface area contributed by atoms with Crippen LogP contribution in [-0.4, -0.2) is 9.97 Å². The number of fused-ring (bicyclic) bond motifs is 2. The third kappa shape index (κ3) is 1.26. The Morgan fingerprint density at radius 2 is 2.06 bits per heavy atom. The molecule has 0 aliphatic heterocycles. The first kappa shape index (κ1) is 9.41. The number of aromatic nitrogens is 2. The molecule has 0 aliphatic carbocycles. The topological polar surface area (TPSA) is 52.1 Å². The zero-order chi connectivity index (χ0) is 11.9. The van der Waals surface area contributed by atoms with E-state index in [0.717, 1.165) is 33.3 Å². The van der Waals surface area contributed by atoms with Gasteiger partial charge in [0.25, 0.3) is 6.39 Å². The van der Waals surface area contributed by atoms with E-state index >= 15 is 0 Å². The Kier molecular flexibility index (Phi) is 1.80. The molecule has 4 rings (SSSR count). The average Bonchev–Trinajstić information content (AvgIpc) is 3.05. The summed E-state index contributed by atoms with van der Waals surface area (Å²) in [6, 6.07) is 11.7. The molecule has 4 aromatic rings. The van der Waals surface area contributed by atoms with Gasteiger partial charge in [0, 0.05) is 5.56 Å². The van der Waals surface area contributed by atoms with Crippen LogP contribution in [0.3, 0.4) is 0 Å². The van der Waals surface area contributed by atoms with Gasteiger partial charge in [-0.25, -0.2) is 9.97 Å². The van der Waals surface area contributed by atoms with E-state index in [-0.39, 0.29) is 0 Å². The van der Waals surface area contributed by atoms with Gasteiger partial charge < -0.3 is 8.83 Å². The van der Waals surface area contributed by atoms with Crippen molar-refractivity contribution in [3.63, 3.8) is 0 Å². The summed E-state index contributed by atoms with van der Waals surface area (Å²) in [6.45, 7) is 0. The van der Waals surface area contributed by atoms with Crippen LogP contribution in [0.2, 0.25) is 0 Å². The summed E-state index contributed by atoms with van der Waals surface area (Å²) in [5.74, 6) is 0. The summed E-state index contributed by atoms with van der Waals surface area (Å²) in [5.41, 5.74) is 5.18. The first-order valence-corrected chi connectivity index (χ1v) is 5.51. The fourth-order valence-corrected chi connectivity index (χ4v) is 2.10. The molecule has 0 unspecified atom stereocenters. The van der Waals surface area contributed by atoms with Crippen molar-refractivity contribution >= 4 is 22.2 Å². The molecule has 0 saturated carbocycles. The molecule has 18 heavy (non-hydrogen) atoms. The molecule has 85 valence electrons. The van der Waals surface area contributed by atoms with E-state index in [9.17, 15) is 0 Å². The highest BCUT2D eigenvalue weighted by Crippen LogP contribution is 2.29. The normalized spacial score (nSPS) is 11.3. The fourth-order valence-electron chi connectivity index (χ4n) is 2.10. The second-order valence-corrected chi connectivity index (χ2v) is 3.99. The van der Waals surface area contributed by atoms with Gasteiger partial charge in [-0.15, -0.1) is 0 Å². The molecular formula is C14H7N2O2. The van der Waals surface area contributed by atoms with Crippen molar-refractivity contribution in [1.29, 1.82) is 0 Å². The Labute approximate surface area is 102 Å². The van der Waals surface area contributed by atoms with Gasteiger partial charge in [-0.05, 0) is 23.8 Å². The summed E-state index contributed by atoms with van der Waals surface area (Å²) in [6.07, 6.45) is 3.96. The van der Waals surface area contributed by atoms with Crippen LogP contribution in [0.1, 0.15) is 0 Å². The number of nitrogens with zero attached hydrogens (tertiary/aromatic N) is 2. The lowest BCUT2D eigenvalue weighted by atomic mass is 10.0. The number of hydrogen-bond donors (Lipinski definition) is 0. The first-order valence-electron chi connectivity index (χ1n) is 5.51. The van der Waals surface area contributed by atoms with Crippen LogP contribution in [0.4, 0.5) is 0 Å². The molecule has 0 N–H and O–H groups in total. The van der Waals surface area contributed by atoms with E-state index in [1.807, 2.05) is 36.4 Å². The molecule has 0 aliphatic rings. The number of rotatable bonds is 1. The van der Waals surface area contributed by atoms with Crippen LogP contribution in [0.15, 0.2) is 51.6 Å². The number of para-hydroxylation sites is 1. The summed E-state index contributed by atoms with van der Waals surface area (Å²) < 4.78 is 10.4. The van der Waals surface area contributed by atoms with Gasteiger partial charge in [0.2, 0.25) is 0 Å². The molecule has 0 fully saturated rings. The predicted octanol–water partition coefficient (Wildman–Crippen LogP) is 3.44. The van der Waals surface area contributed by atoms with E-state index in [1.165, 1.54) is 6.39 Å². The maximum Gasteiger partial charge on any atom is 0.284 e. The Hall–Kier alpha value is -2.62. The summed E-state index contributed by atoms with van der Waals surface area (Å²) in [7, 11) is 0. The predicted molar refractivity (Wildman–Crippen MR) is 65.8 cm³/mol. The zero-order valence-electron chi connectivity index (χ0n) is 9.25. The highest BCUT2D eigenvalue weighted by Gasteiger charge is 2.09. The molecule has 1 radical (unpaired) electrons. The quantitative estimate of drug-likeness (QED) is 0.507. The molecule has 4 nitrogen and oxygen atoms in total. The fraction of sp³-hybridized carbons (Fsp3) is 0. The van der Waals surface area contributed by atoms with Crippen molar-refractivity contribution in [3.8, 4) is 11.1 Å². The van der Waals surface area contributed by atoms with Crippen LogP contribution in [0.25, 0.3) is 33.3 Å². The van der Waals surface area contributed by atoms with Gasteiger partial charge in [-0.3, -0.25) is 0 Å². The number of hydrogen-bond acceptors (Lipinski definition) is 4. The van der Waals surface area contributed by atoms with Gasteiger partial charge in [0.05, 0.1) is 0 Å². The largest absolute Gasteiger partial charge is 0.443 e. The maximum absolute atomic E-state index is 5.23. The van der Waals surface area contributed by atoms with Crippen molar-refractivity contribution < 1.29 is 8.83 Å². The summed E-state index contributed by atoms with van der Waals surface area (Å²) in [4.78, 5) is 8.28. The van der Waals surface area contributed by atoms with Crippen LogP contribution in [0, 0.1) is 6.39 Å². The molecule has 0 spiro atoms. The second-order valence-electron chi connectivity index (χ2n) is 3.99. The molecule has 2 heterocycles. The molecule has 0 amide bonds. The molecule has 4 heteroatoms.